The van der Waals surface area contributed by atoms with Gasteiger partial charge in [0.2, 0.25) is 11.1 Å². The molecule has 0 fully saturated rings. The predicted molar refractivity (Wildman–Crippen MR) is 121 cm³/mol. The van der Waals surface area contributed by atoms with Crippen molar-refractivity contribution < 1.29 is 9.53 Å². The molecule has 2 aromatic heterocycles. The standard InChI is InChI=1S/C23H23N5O2S/c1-17-8-10-18(11-9-17)15-24-21(29)16-31-23-26-25-22(28(23)27-12-3-4-13-27)19-6-5-7-20(14-19)30-2/h3-14H,15-16H2,1-2H3,(H,24,29). The van der Waals surface area contributed by atoms with Crippen molar-refractivity contribution in [1.82, 2.24) is 24.9 Å². The number of hydrogen-bond donors (Lipinski definition) is 1. The largest absolute Gasteiger partial charge is 0.497 e. The highest BCUT2D eigenvalue weighted by Crippen LogP contribution is 2.26. The van der Waals surface area contributed by atoms with Gasteiger partial charge in [-0.2, -0.15) is 0 Å². The zero-order valence-electron chi connectivity index (χ0n) is 17.4. The number of amides is 1. The highest BCUT2D eigenvalue weighted by atomic mass is 32.2. The summed E-state index contributed by atoms with van der Waals surface area (Å²) >= 11 is 1.34. The molecule has 0 aliphatic carbocycles. The minimum atomic E-state index is -0.0597. The summed E-state index contributed by atoms with van der Waals surface area (Å²) in [5.74, 6) is 1.58. The molecule has 0 radical (unpaired) electrons. The average molecular weight is 434 g/mol. The van der Waals surface area contributed by atoms with Gasteiger partial charge in [-0.05, 0) is 36.8 Å². The lowest BCUT2D eigenvalue weighted by Gasteiger charge is -2.12. The Bertz CT molecular complexity index is 1150. The van der Waals surface area contributed by atoms with Crippen LogP contribution in [-0.4, -0.2) is 38.3 Å². The monoisotopic (exact) mass is 433 g/mol. The van der Waals surface area contributed by atoms with Gasteiger partial charge in [0.25, 0.3) is 0 Å². The molecule has 0 spiro atoms. The first-order valence-corrected chi connectivity index (χ1v) is 10.8. The van der Waals surface area contributed by atoms with Crippen molar-refractivity contribution in [3.8, 4) is 17.1 Å². The van der Waals surface area contributed by atoms with Crippen LogP contribution in [-0.2, 0) is 11.3 Å². The molecule has 0 saturated heterocycles. The van der Waals surface area contributed by atoms with E-state index >= 15 is 0 Å². The van der Waals surface area contributed by atoms with Gasteiger partial charge in [0.15, 0.2) is 5.82 Å². The molecule has 1 amide bonds. The highest BCUT2D eigenvalue weighted by molar-refractivity contribution is 7.99. The van der Waals surface area contributed by atoms with Crippen LogP contribution in [0.15, 0.2) is 78.2 Å². The summed E-state index contributed by atoms with van der Waals surface area (Å²) in [6.07, 6.45) is 3.82. The van der Waals surface area contributed by atoms with Gasteiger partial charge in [-0.3, -0.25) is 9.47 Å². The number of thioether (sulfide) groups is 1. The van der Waals surface area contributed by atoms with Crippen LogP contribution in [0.1, 0.15) is 11.1 Å². The molecule has 2 heterocycles. The second kappa shape index (κ2) is 9.53. The Kier molecular flexibility index (Phi) is 6.37. The van der Waals surface area contributed by atoms with E-state index in [0.29, 0.717) is 17.5 Å². The Morgan fingerprint density at radius 2 is 1.84 bits per heavy atom. The SMILES string of the molecule is COc1cccc(-c2nnc(SCC(=O)NCc3ccc(C)cc3)n2-n2cccc2)c1. The smallest absolute Gasteiger partial charge is 0.230 e. The van der Waals surface area contributed by atoms with Gasteiger partial charge in [0, 0.05) is 24.5 Å². The van der Waals surface area contributed by atoms with E-state index in [-0.39, 0.29) is 11.7 Å². The van der Waals surface area contributed by atoms with E-state index in [1.807, 2.05) is 89.3 Å². The number of hydrogen-bond acceptors (Lipinski definition) is 5. The number of nitrogens with one attached hydrogen (secondary N) is 1. The maximum absolute atomic E-state index is 12.4. The van der Waals surface area contributed by atoms with Gasteiger partial charge in [-0.15, -0.1) is 10.2 Å². The van der Waals surface area contributed by atoms with Crippen LogP contribution < -0.4 is 10.1 Å². The number of aryl methyl sites for hydroxylation is 1. The molecule has 4 aromatic rings. The molecule has 0 aliphatic rings. The third-order valence-corrected chi connectivity index (χ3v) is 5.62. The van der Waals surface area contributed by atoms with Gasteiger partial charge in [0.05, 0.1) is 12.9 Å². The minimum Gasteiger partial charge on any atom is -0.497 e. The number of benzene rings is 2. The Labute approximate surface area is 185 Å². The lowest BCUT2D eigenvalue weighted by atomic mass is 10.1. The van der Waals surface area contributed by atoms with Gasteiger partial charge in [-0.25, -0.2) is 4.68 Å². The van der Waals surface area contributed by atoms with Crippen LogP contribution >= 0.6 is 11.8 Å². The fourth-order valence-corrected chi connectivity index (χ4v) is 3.82. The van der Waals surface area contributed by atoms with Crippen LogP contribution in [0.25, 0.3) is 11.4 Å². The molecule has 0 bridgehead atoms. The average Bonchev–Trinajstić information content (AvgIpc) is 3.47. The van der Waals surface area contributed by atoms with E-state index in [4.69, 9.17) is 4.74 Å². The summed E-state index contributed by atoms with van der Waals surface area (Å²) < 4.78 is 9.11. The molecule has 158 valence electrons. The fraction of sp³-hybridized carbons (Fsp3) is 0.174. The Morgan fingerprint density at radius 1 is 1.06 bits per heavy atom. The molecule has 8 heteroatoms. The summed E-state index contributed by atoms with van der Waals surface area (Å²) in [6, 6.07) is 19.6. The second-order valence-electron chi connectivity index (χ2n) is 6.96. The molecule has 0 atom stereocenters. The quantitative estimate of drug-likeness (QED) is 0.428. The lowest BCUT2D eigenvalue weighted by molar-refractivity contribution is -0.118. The van der Waals surface area contributed by atoms with Crippen LogP contribution in [0.4, 0.5) is 0 Å². The normalized spacial score (nSPS) is 10.8. The van der Waals surface area contributed by atoms with E-state index in [1.54, 1.807) is 7.11 Å². The van der Waals surface area contributed by atoms with Crippen molar-refractivity contribution in [2.45, 2.75) is 18.6 Å². The van der Waals surface area contributed by atoms with Crippen molar-refractivity contribution in [3.05, 3.63) is 84.2 Å². The predicted octanol–water partition coefficient (Wildman–Crippen LogP) is 3.78. The van der Waals surface area contributed by atoms with Gasteiger partial charge in [-0.1, -0.05) is 53.7 Å². The first-order valence-electron chi connectivity index (χ1n) is 9.82. The molecule has 0 aliphatic heterocycles. The Balaban J connectivity index is 1.49. The van der Waals surface area contributed by atoms with Crippen LogP contribution in [0.2, 0.25) is 0 Å². The minimum absolute atomic E-state index is 0.0597. The zero-order valence-corrected chi connectivity index (χ0v) is 18.2. The molecule has 4 rings (SSSR count). The summed E-state index contributed by atoms with van der Waals surface area (Å²) in [6.45, 7) is 2.54. The summed E-state index contributed by atoms with van der Waals surface area (Å²) in [7, 11) is 1.63. The highest BCUT2D eigenvalue weighted by Gasteiger charge is 2.17. The van der Waals surface area contributed by atoms with Crippen molar-refractivity contribution in [2.75, 3.05) is 12.9 Å². The van der Waals surface area contributed by atoms with E-state index in [9.17, 15) is 4.79 Å². The number of ether oxygens (including phenoxy) is 1. The maximum Gasteiger partial charge on any atom is 0.230 e. The van der Waals surface area contributed by atoms with Crippen LogP contribution in [0.3, 0.4) is 0 Å². The van der Waals surface area contributed by atoms with Crippen LogP contribution in [0, 0.1) is 6.92 Å². The molecule has 31 heavy (non-hydrogen) atoms. The third kappa shape index (κ3) is 4.97. The first-order chi connectivity index (χ1) is 15.1. The number of methoxy groups -OCH3 is 1. The molecular formula is C23H23N5O2S. The van der Waals surface area contributed by atoms with Crippen molar-refractivity contribution >= 4 is 17.7 Å². The summed E-state index contributed by atoms with van der Waals surface area (Å²) in [5.41, 5.74) is 3.14. The van der Waals surface area contributed by atoms with Crippen LogP contribution in [0.5, 0.6) is 5.75 Å². The zero-order chi connectivity index (χ0) is 21.6. The number of carbonyl (C=O) groups is 1. The van der Waals surface area contributed by atoms with Crippen molar-refractivity contribution in [1.29, 1.82) is 0 Å². The molecule has 0 unspecified atom stereocenters. The fourth-order valence-electron chi connectivity index (χ4n) is 3.05. The van der Waals surface area contributed by atoms with Gasteiger partial charge >= 0.3 is 0 Å². The third-order valence-electron chi connectivity index (χ3n) is 4.70. The van der Waals surface area contributed by atoms with Crippen molar-refractivity contribution in [2.24, 2.45) is 0 Å². The summed E-state index contributed by atoms with van der Waals surface area (Å²) in [5, 5.41) is 12.3. The Hall–Kier alpha value is -3.52. The Morgan fingerprint density at radius 3 is 2.58 bits per heavy atom. The summed E-state index contributed by atoms with van der Waals surface area (Å²) in [4.78, 5) is 12.4. The van der Waals surface area contributed by atoms with Gasteiger partial charge in [0.1, 0.15) is 5.75 Å². The second-order valence-corrected chi connectivity index (χ2v) is 7.91. The maximum atomic E-state index is 12.4. The lowest BCUT2D eigenvalue weighted by Crippen LogP contribution is -2.24. The number of rotatable bonds is 8. The first kappa shape index (κ1) is 20.7. The molecule has 2 aromatic carbocycles. The topological polar surface area (TPSA) is 74.0 Å². The molecule has 1 N–H and O–H groups in total. The van der Waals surface area contributed by atoms with E-state index in [1.165, 1.54) is 17.3 Å². The number of aromatic nitrogens is 4. The molecule has 7 nitrogen and oxygen atoms in total. The van der Waals surface area contributed by atoms with Gasteiger partial charge < -0.3 is 10.1 Å². The van der Waals surface area contributed by atoms with E-state index < -0.39 is 0 Å². The number of nitrogens with zero attached hydrogens (tertiary/aromatic N) is 4. The molecule has 0 saturated carbocycles. The van der Waals surface area contributed by atoms with Crippen molar-refractivity contribution in [3.63, 3.8) is 0 Å². The number of carbonyl (C=O) groups excluding carboxylic acids is 1. The van der Waals surface area contributed by atoms with E-state index in [2.05, 4.69) is 15.5 Å². The van der Waals surface area contributed by atoms with E-state index in [0.717, 1.165) is 16.9 Å². The molecular weight excluding hydrogens is 410 g/mol.